The number of halogens is 1. The largest absolute Gasteiger partial charge is 0.261 e. The van der Waals surface area contributed by atoms with Gasteiger partial charge in [-0.15, -0.1) is 0 Å². The van der Waals surface area contributed by atoms with Gasteiger partial charge in [-0.05, 0) is 25.5 Å². The van der Waals surface area contributed by atoms with E-state index in [0.29, 0.717) is 4.83 Å². The number of hydrogen-bond donors (Lipinski definition) is 0. The SMILES string of the molecule is Cc1ncccc1[C@H](C)Br. The summed E-state index contributed by atoms with van der Waals surface area (Å²) in [6, 6.07) is 4.04. The van der Waals surface area contributed by atoms with Gasteiger partial charge in [0.2, 0.25) is 0 Å². The molecule has 0 N–H and O–H groups in total. The minimum atomic E-state index is 0.404. The summed E-state index contributed by atoms with van der Waals surface area (Å²) in [4.78, 5) is 4.57. The van der Waals surface area contributed by atoms with Crippen LogP contribution in [0.15, 0.2) is 18.3 Å². The molecule has 1 nitrogen and oxygen atoms in total. The number of hydrogen-bond acceptors (Lipinski definition) is 1. The van der Waals surface area contributed by atoms with E-state index >= 15 is 0 Å². The first-order valence-corrected chi connectivity index (χ1v) is 4.19. The monoisotopic (exact) mass is 199 g/mol. The first-order valence-electron chi connectivity index (χ1n) is 3.27. The van der Waals surface area contributed by atoms with Gasteiger partial charge in [0, 0.05) is 16.7 Å². The Kier molecular flexibility index (Phi) is 2.44. The van der Waals surface area contributed by atoms with Gasteiger partial charge < -0.3 is 0 Å². The first-order chi connectivity index (χ1) is 4.72. The molecule has 54 valence electrons. The molecule has 0 amide bonds. The molecule has 0 aliphatic rings. The third-order valence-electron chi connectivity index (χ3n) is 1.48. The van der Waals surface area contributed by atoms with E-state index in [0.717, 1.165) is 5.69 Å². The summed E-state index contributed by atoms with van der Waals surface area (Å²) in [6.45, 7) is 4.12. The van der Waals surface area contributed by atoms with Crippen molar-refractivity contribution < 1.29 is 0 Å². The molecule has 1 aromatic heterocycles. The number of aryl methyl sites for hydroxylation is 1. The Labute approximate surface area is 69.6 Å². The maximum Gasteiger partial charge on any atom is 0.0415 e. The number of rotatable bonds is 1. The second-order valence-electron chi connectivity index (χ2n) is 2.29. The smallest absolute Gasteiger partial charge is 0.0415 e. The fraction of sp³-hybridized carbons (Fsp3) is 0.375. The Morgan fingerprint density at radius 1 is 1.60 bits per heavy atom. The van der Waals surface area contributed by atoms with E-state index in [4.69, 9.17) is 0 Å². The Bertz CT molecular complexity index is 220. The van der Waals surface area contributed by atoms with E-state index in [1.165, 1.54) is 5.56 Å². The fourth-order valence-electron chi connectivity index (χ4n) is 0.917. The van der Waals surface area contributed by atoms with Crippen molar-refractivity contribution in [2.24, 2.45) is 0 Å². The second kappa shape index (κ2) is 3.15. The maximum atomic E-state index is 4.17. The summed E-state index contributed by atoms with van der Waals surface area (Å²) in [6.07, 6.45) is 1.81. The van der Waals surface area contributed by atoms with E-state index in [2.05, 4.69) is 33.9 Å². The number of alkyl halides is 1. The molecule has 1 heterocycles. The Morgan fingerprint density at radius 3 is 2.70 bits per heavy atom. The van der Waals surface area contributed by atoms with E-state index in [1.54, 1.807) is 0 Å². The van der Waals surface area contributed by atoms with Crippen LogP contribution in [0.1, 0.15) is 23.0 Å². The van der Waals surface area contributed by atoms with E-state index in [1.807, 2.05) is 19.2 Å². The summed E-state index contributed by atoms with van der Waals surface area (Å²) in [5.74, 6) is 0. The van der Waals surface area contributed by atoms with Crippen LogP contribution >= 0.6 is 15.9 Å². The summed E-state index contributed by atoms with van der Waals surface area (Å²) >= 11 is 3.49. The van der Waals surface area contributed by atoms with Gasteiger partial charge >= 0.3 is 0 Å². The molecule has 1 rings (SSSR count). The van der Waals surface area contributed by atoms with Crippen molar-refractivity contribution in [3.05, 3.63) is 29.6 Å². The molecule has 0 spiro atoms. The molecule has 0 bridgehead atoms. The van der Waals surface area contributed by atoms with Crippen LogP contribution in [-0.2, 0) is 0 Å². The molecule has 1 aromatic rings. The zero-order valence-electron chi connectivity index (χ0n) is 6.13. The third-order valence-corrected chi connectivity index (χ3v) is 1.97. The van der Waals surface area contributed by atoms with Crippen LogP contribution in [0, 0.1) is 6.92 Å². The zero-order chi connectivity index (χ0) is 7.56. The molecular weight excluding hydrogens is 190 g/mol. The van der Waals surface area contributed by atoms with Gasteiger partial charge in [-0.1, -0.05) is 22.0 Å². The molecular formula is C8H10BrN. The average molecular weight is 200 g/mol. The lowest BCUT2D eigenvalue weighted by Crippen LogP contribution is -1.90. The van der Waals surface area contributed by atoms with Gasteiger partial charge in [0.05, 0.1) is 0 Å². The minimum Gasteiger partial charge on any atom is -0.261 e. The van der Waals surface area contributed by atoms with Crippen molar-refractivity contribution in [1.29, 1.82) is 0 Å². The van der Waals surface area contributed by atoms with Gasteiger partial charge in [-0.3, -0.25) is 4.98 Å². The van der Waals surface area contributed by atoms with Crippen LogP contribution in [0.3, 0.4) is 0 Å². The van der Waals surface area contributed by atoms with Gasteiger partial charge in [-0.2, -0.15) is 0 Å². The Balaban J connectivity index is 3.03. The van der Waals surface area contributed by atoms with Crippen molar-refractivity contribution in [3.8, 4) is 0 Å². The lowest BCUT2D eigenvalue weighted by Gasteiger charge is -2.04. The molecule has 2 heteroatoms. The van der Waals surface area contributed by atoms with Crippen molar-refractivity contribution in [2.75, 3.05) is 0 Å². The summed E-state index contributed by atoms with van der Waals surface area (Å²) in [7, 11) is 0. The molecule has 10 heavy (non-hydrogen) atoms. The predicted molar refractivity (Wildman–Crippen MR) is 46.3 cm³/mol. The Morgan fingerprint density at radius 2 is 2.30 bits per heavy atom. The molecule has 0 radical (unpaired) electrons. The number of nitrogens with zero attached hydrogens (tertiary/aromatic N) is 1. The second-order valence-corrected chi connectivity index (χ2v) is 3.67. The molecule has 0 saturated heterocycles. The maximum absolute atomic E-state index is 4.17. The van der Waals surface area contributed by atoms with Gasteiger partial charge in [0.15, 0.2) is 0 Å². The quantitative estimate of drug-likeness (QED) is 0.635. The minimum absolute atomic E-state index is 0.404. The van der Waals surface area contributed by atoms with Crippen molar-refractivity contribution in [1.82, 2.24) is 4.98 Å². The summed E-state index contributed by atoms with van der Waals surface area (Å²) < 4.78 is 0. The molecule has 0 saturated carbocycles. The molecule has 0 aliphatic carbocycles. The average Bonchev–Trinajstić information content (AvgIpc) is 1.88. The lowest BCUT2D eigenvalue weighted by atomic mass is 10.1. The standard InChI is InChI=1S/C8H10BrN/c1-6(9)8-4-3-5-10-7(8)2/h3-6H,1-2H3/t6-/m0/s1. The fourth-order valence-corrected chi connectivity index (χ4v) is 1.40. The van der Waals surface area contributed by atoms with Crippen LogP contribution in [0.4, 0.5) is 0 Å². The van der Waals surface area contributed by atoms with E-state index in [-0.39, 0.29) is 0 Å². The predicted octanol–water partition coefficient (Wildman–Crippen LogP) is 2.85. The van der Waals surface area contributed by atoms with E-state index in [9.17, 15) is 0 Å². The lowest BCUT2D eigenvalue weighted by molar-refractivity contribution is 1.04. The molecule has 0 aromatic carbocycles. The van der Waals surface area contributed by atoms with Gasteiger partial charge in [0.1, 0.15) is 0 Å². The van der Waals surface area contributed by atoms with Crippen molar-refractivity contribution in [3.63, 3.8) is 0 Å². The normalized spacial score (nSPS) is 13.1. The zero-order valence-corrected chi connectivity index (χ0v) is 7.72. The number of aromatic nitrogens is 1. The van der Waals surface area contributed by atoms with Gasteiger partial charge in [-0.25, -0.2) is 0 Å². The van der Waals surface area contributed by atoms with Crippen molar-refractivity contribution in [2.45, 2.75) is 18.7 Å². The van der Waals surface area contributed by atoms with Crippen molar-refractivity contribution >= 4 is 15.9 Å². The highest BCUT2D eigenvalue weighted by atomic mass is 79.9. The van der Waals surface area contributed by atoms with Crippen LogP contribution in [0.2, 0.25) is 0 Å². The molecule has 0 aliphatic heterocycles. The topological polar surface area (TPSA) is 12.9 Å². The highest BCUT2D eigenvalue weighted by Gasteiger charge is 2.02. The highest BCUT2D eigenvalue weighted by Crippen LogP contribution is 2.22. The molecule has 1 atom stereocenters. The summed E-state index contributed by atoms with van der Waals surface area (Å²) in [5, 5.41) is 0. The highest BCUT2D eigenvalue weighted by molar-refractivity contribution is 9.09. The molecule has 0 fully saturated rings. The number of pyridine rings is 1. The summed E-state index contributed by atoms with van der Waals surface area (Å²) in [5.41, 5.74) is 2.37. The first kappa shape index (κ1) is 7.73. The van der Waals surface area contributed by atoms with Gasteiger partial charge in [0.25, 0.3) is 0 Å². The van der Waals surface area contributed by atoms with E-state index < -0.39 is 0 Å². The van der Waals surface area contributed by atoms with Crippen LogP contribution < -0.4 is 0 Å². The molecule has 0 unspecified atom stereocenters. The van der Waals surface area contributed by atoms with Crippen LogP contribution in [-0.4, -0.2) is 4.98 Å². The van der Waals surface area contributed by atoms with Crippen LogP contribution in [0.25, 0.3) is 0 Å². The third kappa shape index (κ3) is 1.57. The Hall–Kier alpha value is -0.370. The van der Waals surface area contributed by atoms with Crippen LogP contribution in [0.5, 0.6) is 0 Å².